The number of nitrogens with zero attached hydrogens (tertiary/aromatic N) is 8. The van der Waals surface area contributed by atoms with Crippen LogP contribution >= 0.6 is 0 Å². The van der Waals surface area contributed by atoms with Crippen LogP contribution in [0.15, 0.2) is 54.2 Å². The summed E-state index contributed by atoms with van der Waals surface area (Å²) < 4.78 is 15.5. The van der Waals surface area contributed by atoms with Gasteiger partial charge >= 0.3 is 0 Å². The van der Waals surface area contributed by atoms with E-state index in [1.807, 2.05) is 29.9 Å². The van der Waals surface area contributed by atoms with Crippen molar-refractivity contribution in [3.05, 3.63) is 65.4 Å². The van der Waals surface area contributed by atoms with Gasteiger partial charge in [0.1, 0.15) is 36.3 Å². The Morgan fingerprint density at radius 1 is 1.07 bits per heavy atom. The Bertz CT molecular complexity index is 1650. The summed E-state index contributed by atoms with van der Waals surface area (Å²) in [4.78, 5) is 28.4. The first-order chi connectivity index (χ1) is 21.5. The molecule has 5 heterocycles. The molecule has 3 aromatic heterocycles. The maximum Gasteiger partial charge on any atom is 0.287 e. The third kappa shape index (κ3) is 5.82. The molecule has 3 fully saturated rings. The van der Waals surface area contributed by atoms with Crippen LogP contribution in [0.3, 0.4) is 0 Å². The van der Waals surface area contributed by atoms with Crippen molar-refractivity contribution in [2.75, 3.05) is 18.5 Å². The van der Waals surface area contributed by atoms with E-state index in [1.54, 1.807) is 29.5 Å². The first-order valence-electron chi connectivity index (χ1n) is 15.3. The molecule has 7 rings (SSSR count). The number of benzene rings is 1. The molecule has 3 aliphatic rings. The number of fused-ring (bicyclic) bond motifs is 2. The van der Waals surface area contributed by atoms with Crippen LogP contribution in [0, 0.1) is 11.3 Å². The number of hydrogen-bond acceptors (Lipinski definition) is 10. The summed E-state index contributed by atoms with van der Waals surface area (Å²) in [5.74, 6) is 0.800. The second kappa shape index (κ2) is 12.2. The van der Waals surface area contributed by atoms with E-state index in [0.29, 0.717) is 47.6 Å². The van der Waals surface area contributed by atoms with Gasteiger partial charge in [-0.3, -0.25) is 19.5 Å². The molecule has 0 radical (unpaired) electrons. The van der Waals surface area contributed by atoms with Crippen LogP contribution in [0.2, 0.25) is 0 Å². The predicted molar refractivity (Wildman–Crippen MR) is 161 cm³/mol. The second-order valence-electron chi connectivity index (χ2n) is 12.0. The molecule has 2 aliphatic heterocycles. The molecule has 13 heteroatoms. The minimum atomic E-state index is -0.234. The van der Waals surface area contributed by atoms with Gasteiger partial charge in [-0.25, -0.2) is 19.6 Å². The van der Waals surface area contributed by atoms with Crippen molar-refractivity contribution in [1.29, 1.82) is 5.26 Å². The quantitative estimate of drug-likeness (QED) is 0.293. The lowest BCUT2D eigenvalue weighted by atomic mass is 9.89. The number of rotatable bonds is 9. The van der Waals surface area contributed by atoms with Gasteiger partial charge in [-0.1, -0.05) is 6.07 Å². The van der Waals surface area contributed by atoms with E-state index >= 15 is 0 Å². The zero-order valence-corrected chi connectivity index (χ0v) is 24.7. The molecule has 2 saturated heterocycles. The SMILES string of the molecule is C[C@@H](Cn1cncn1)Oc1cc(-c2cnc(Nc3cn(C4CCC(N5C6CC[C@@H]5COC6)CC4)[nH]c3=O)nc2)ccc1C#N. The highest BCUT2D eigenvalue weighted by Gasteiger charge is 2.42. The topological polar surface area (TPSA) is 152 Å². The average Bonchev–Trinajstić information content (AvgIpc) is 3.75. The Labute approximate surface area is 254 Å². The first kappa shape index (κ1) is 28.2. The van der Waals surface area contributed by atoms with Crippen LogP contribution in [0.1, 0.15) is 57.1 Å². The predicted octanol–water partition coefficient (Wildman–Crippen LogP) is 3.65. The van der Waals surface area contributed by atoms with Crippen LogP contribution < -0.4 is 15.6 Å². The van der Waals surface area contributed by atoms with Gasteiger partial charge in [0.25, 0.3) is 5.56 Å². The fraction of sp³-hybridized carbons (Fsp3) is 0.484. The minimum absolute atomic E-state index is 0.195. The monoisotopic (exact) mass is 596 g/mol. The van der Waals surface area contributed by atoms with E-state index in [0.717, 1.165) is 50.0 Å². The highest BCUT2D eigenvalue weighted by atomic mass is 16.5. The molecular weight excluding hydrogens is 560 g/mol. The van der Waals surface area contributed by atoms with Gasteiger partial charge in [-0.2, -0.15) is 10.4 Å². The molecule has 13 nitrogen and oxygen atoms in total. The molecule has 44 heavy (non-hydrogen) atoms. The highest BCUT2D eigenvalue weighted by Crippen LogP contribution is 2.38. The van der Waals surface area contributed by atoms with Gasteiger partial charge in [-0.15, -0.1) is 0 Å². The lowest BCUT2D eigenvalue weighted by molar-refractivity contribution is -0.0458. The number of ether oxygens (including phenoxy) is 2. The Kier molecular flexibility index (Phi) is 7.84. The van der Waals surface area contributed by atoms with E-state index in [1.165, 1.54) is 19.2 Å². The van der Waals surface area contributed by atoms with Crippen molar-refractivity contribution >= 4 is 11.6 Å². The molecule has 1 saturated carbocycles. The van der Waals surface area contributed by atoms with Gasteiger partial charge in [0.2, 0.25) is 5.95 Å². The zero-order valence-electron chi connectivity index (χ0n) is 24.7. The van der Waals surface area contributed by atoms with E-state index in [9.17, 15) is 10.1 Å². The normalized spacial score (nSPS) is 24.1. The number of aromatic amines is 1. The molecule has 1 aliphatic carbocycles. The Morgan fingerprint density at radius 3 is 2.50 bits per heavy atom. The van der Waals surface area contributed by atoms with Crippen LogP contribution in [0.25, 0.3) is 11.1 Å². The number of morpholine rings is 1. The maximum absolute atomic E-state index is 12.8. The average molecular weight is 597 g/mol. The van der Waals surface area contributed by atoms with Crippen molar-refractivity contribution in [2.45, 2.75) is 82.3 Å². The van der Waals surface area contributed by atoms with Crippen LogP contribution in [-0.2, 0) is 11.3 Å². The van der Waals surface area contributed by atoms with E-state index in [4.69, 9.17) is 9.47 Å². The molecule has 2 bridgehead atoms. The Balaban J connectivity index is 0.983. The molecule has 0 amide bonds. The van der Waals surface area contributed by atoms with Gasteiger partial charge < -0.3 is 14.8 Å². The number of anilines is 2. The van der Waals surface area contributed by atoms with Crippen molar-refractivity contribution < 1.29 is 9.47 Å². The molecular formula is C31H36N10O3. The van der Waals surface area contributed by atoms with E-state index in [-0.39, 0.29) is 17.7 Å². The van der Waals surface area contributed by atoms with E-state index < -0.39 is 0 Å². The summed E-state index contributed by atoms with van der Waals surface area (Å²) in [5.41, 5.74) is 2.22. The Hall–Kier alpha value is -4.54. The number of aromatic nitrogens is 7. The second-order valence-corrected chi connectivity index (χ2v) is 12.0. The molecule has 228 valence electrons. The largest absolute Gasteiger partial charge is 0.487 e. The van der Waals surface area contributed by atoms with Gasteiger partial charge in [0.15, 0.2) is 0 Å². The van der Waals surface area contributed by atoms with Gasteiger partial charge in [-0.05, 0) is 63.1 Å². The number of H-pyrrole nitrogens is 1. The fourth-order valence-electron chi connectivity index (χ4n) is 6.98. The number of nitriles is 1. The summed E-state index contributed by atoms with van der Waals surface area (Å²) in [7, 11) is 0. The third-order valence-electron chi connectivity index (χ3n) is 9.09. The smallest absolute Gasteiger partial charge is 0.287 e. The highest BCUT2D eigenvalue weighted by molar-refractivity contribution is 5.66. The van der Waals surface area contributed by atoms with Crippen molar-refractivity contribution in [1.82, 2.24) is 39.4 Å². The molecule has 1 aromatic carbocycles. The number of hydrogen-bond donors (Lipinski definition) is 2. The lowest BCUT2D eigenvalue weighted by Crippen LogP contribution is -2.52. The van der Waals surface area contributed by atoms with Crippen molar-refractivity contribution in [3.8, 4) is 22.9 Å². The van der Waals surface area contributed by atoms with E-state index in [2.05, 4.69) is 41.4 Å². The summed E-state index contributed by atoms with van der Waals surface area (Å²) in [6, 6.07) is 9.59. The maximum atomic E-state index is 12.8. The zero-order chi connectivity index (χ0) is 30.0. The van der Waals surface area contributed by atoms with Crippen LogP contribution in [0.5, 0.6) is 5.75 Å². The van der Waals surface area contributed by atoms with Gasteiger partial charge in [0, 0.05) is 36.1 Å². The first-order valence-corrected chi connectivity index (χ1v) is 15.3. The summed E-state index contributed by atoms with van der Waals surface area (Å²) in [6.07, 6.45) is 14.9. The lowest BCUT2D eigenvalue weighted by Gasteiger charge is -2.43. The minimum Gasteiger partial charge on any atom is -0.487 e. The Morgan fingerprint density at radius 2 is 1.80 bits per heavy atom. The van der Waals surface area contributed by atoms with Gasteiger partial charge in [0.05, 0.1) is 37.6 Å². The number of nitrogens with one attached hydrogen (secondary N) is 2. The van der Waals surface area contributed by atoms with Crippen molar-refractivity contribution in [2.24, 2.45) is 0 Å². The summed E-state index contributed by atoms with van der Waals surface area (Å²) >= 11 is 0. The van der Waals surface area contributed by atoms with Crippen molar-refractivity contribution in [3.63, 3.8) is 0 Å². The molecule has 0 spiro atoms. The molecule has 1 unspecified atom stereocenters. The van der Waals surface area contributed by atoms with Crippen LogP contribution in [-0.4, -0.2) is 76.9 Å². The summed E-state index contributed by atoms with van der Waals surface area (Å²) in [6.45, 7) is 4.14. The van der Waals surface area contributed by atoms with Crippen LogP contribution in [0.4, 0.5) is 11.6 Å². The molecule has 4 aromatic rings. The standard InChI is InChI=1S/C31H36N10O3/c1-20(14-39-19-33-18-36-39)44-29-10-21(2-3-22(29)11-32)23-12-34-31(35-13-23)37-28-15-40(38-30(28)42)24-4-6-25(7-5-24)41-26-8-9-27(41)17-43-16-26/h2-3,10,12-13,15,18-20,24-27H,4-9,14,16-17H2,1H3,(H,38,42)(H,34,35,37)/t20-,24?,25?,26+,27?/m0/s1. The molecule has 2 N–H and O–H groups in total. The fourth-order valence-corrected chi connectivity index (χ4v) is 6.98. The molecule has 3 atom stereocenters. The summed E-state index contributed by atoms with van der Waals surface area (Å²) in [5, 5.41) is 19.8. The third-order valence-corrected chi connectivity index (χ3v) is 9.09.